The van der Waals surface area contributed by atoms with E-state index in [0.717, 1.165) is 44.4 Å². The highest BCUT2D eigenvalue weighted by Gasteiger charge is 2.22. The first kappa shape index (κ1) is 21.8. The summed E-state index contributed by atoms with van der Waals surface area (Å²) < 4.78 is 13.3. The smallest absolute Gasteiger partial charge is 0.164 e. The molecule has 0 aliphatic rings. The van der Waals surface area contributed by atoms with Crippen LogP contribution >= 0.6 is 0 Å². The summed E-state index contributed by atoms with van der Waals surface area (Å²) >= 11 is 0. The first-order chi connectivity index (χ1) is 17.8. The summed E-state index contributed by atoms with van der Waals surface area (Å²) in [6, 6.07) is 28.5. The van der Waals surface area contributed by atoms with Gasteiger partial charge in [0, 0.05) is 35.2 Å². The van der Waals surface area contributed by atoms with Crippen LogP contribution in [0.25, 0.3) is 38.8 Å². The molecule has 0 amide bonds. The highest BCUT2D eigenvalue weighted by molar-refractivity contribution is 6.12. The van der Waals surface area contributed by atoms with Crippen molar-refractivity contribution in [3.63, 3.8) is 0 Å². The molecule has 0 bridgehead atoms. The van der Waals surface area contributed by atoms with Crippen LogP contribution < -0.4 is 9.47 Å². The van der Waals surface area contributed by atoms with Crippen molar-refractivity contribution in [1.29, 1.82) is 0 Å². The number of fused-ring (bicyclic) bond motifs is 3. The summed E-state index contributed by atoms with van der Waals surface area (Å²) in [5, 5.41) is 8.05. The molecule has 3 aromatic carbocycles. The van der Waals surface area contributed by atoms with Gasteiger partial charge in [0.25, 0.3) is 0 Å². The molecule has 3 heterocycles. The lowest BCUT2D eigenvalue weighted by molar-refractivity contribution is 0.356. The second-order valence-corrected chi connectivity index (χ2v) is 8.51. The van der Waals surface area contributed by atoms with Gasteiger partial charge >= 0.3 is 0 Å². The number of nitrogens with zero attached hydrogens (tertiary/aromatic N) is 4. The maximum absolute atomic E-state index is 5.70. The number of aromatic nitrogens is 4. The van der Waals surface area contributed by atoms with E-state index < -0.39 is 0 Å². The molecule has 0 aliphatic carbocycles. The third-order valence-corrected chi connectivity index (χ3v) is 6.35. The Morgan fingerprint density at radius 3 is 2.14 bits per heavy atom. The Bertz CT molecular complexity index is 1660. The predicted octanol–water partition coefficient (Wildman–Crippen LogP) is 6.24. The average molecular weight is 473 g/mol. The molecule has 0 atom stereocenters. The monoisotopic (exact) mass is 472 g/mol. The molecule has 6 rings (SSSR count). The quantitative estimate of drug-likeness (QED) is 0.287. The molecule has 0 aliphatic heterocycles. The molecule has 0 N–H and O–H groups in total. The van der Waals surface area contributed by atoms with Gasteiger partial charge in [0.05, 0.1) is 36.7 Å². The van der Waals surface area contributed by atoms with Gasteiger partial charge in [-0.1, -0.05) is 48.5 Å². The van der Waals surface area contributed by atoms with Crippen LogP contribution in [0.1, 0.15) is 11.3 Å². The number of para-hydroxylation sites is 1. The maximum Gasteiger partial charge on any atom is 0.164 e. The van der Waals surface area contributed by atoms with Crippen LogP contribution in [0, 0.1) is 0 Å². The van der Waals surface area contributed by atoms with Gasteiger partial charge in [-0.3, -0.25) is 4.98 Å². The Balaban J connectivity index is 1.75. The van der Waals surface area contributed by atoms with Gasteiger partial charge in [0.2, 0.25) is 0 Å². The summed E-state index contributed by atoms with van der Waals surface area (Å²) in [4.78, 5) is 9.55. The molecule has 176 valence electrons. The fourth-order valence-corrected chi connectivity index (χ4v) is 4.67. The summed E-state index contributed by atoms with van der Waals surface area (Å²) in [6.07, 6.45) is 4.27. The molecular formula is C30H24N4O2. The van der Waals surface area contributed by atoms with Gasteiger partial charge in [-0.25, -0.2) is 9.67 Å². The zero-order chi connectivity index (χ0) is 24.5. The SMILES string of the molecule is COc1cc2c(-c3cccnc3)nc3c(c(Cc4ccccc4)nn3-c3ccccc3)c2cc1OC. The Hall–Kier alpha value is -4.71. The van der Waals surface area contributed by atoms with Crippen LogP contribution in [-0.4, -0.2) is 34.0 Å². The average Bonchev–Trinajstić information content (AvgIpc) is 3.31. The van der Waals surface area contributed by atoms with Crippen molar-refractivity contribution in [3.05, 3.63) is 109 Å². The number of benzene rings is 3. The van der Waals surface area contributed by atoms with Crippen molar-refractivity contribution >= 4 is 21.8 Å². The van der Waals surface area contributed by atoms with Gasteiger partial charge in [0.1, 0.15) is 0 Å². The Morgan fingerprint density at radius 2 is 1.47 bits per heavy atom. The van der Waals surface area contributed by atoms with Crippen molar-refractivity contribution in [2.24, 2.45) is 0 Å². The van der Waals surface area contributed by atoms with Gasteiger partial charge < -0.3 is 9.47 Å². The van der Waals surface area contributed by atoms with Gasteiger partial charge in [-0.15, -0.1) is 0 Å². The summed E-state index contributed by atoms with van der Waals surface area (Å²) in [7, 11) is 3.30. The molecule has 0 saturated carbocycles. The Kier molecular flexibility index (Phi) is 5.54. The molecule has 0 saturated heterocycles. The minimum atomic E-state index is 0.649. The lowest BCUT2D eigenvalue weighted by Crippen LogP contribution is -1.99. The van der Waals surface area contributed by atoms with Crippen LogP contribution in [0.2, 0.25) is 0 Å². The van der Waals surface area contributed by atoms with Crippen molar-refractivity contribution < 1.29 is 9.47 Å². The van der Waals surface area contributed by atoms with E-state index in [1.165, 1.54) is 5.56 Å². The molecule has 6 nitrogen and oxygen atoms in total. The molecule has 0 radical (unpaired) electrons. The van der Waals surface area contributed by atoms with Crippen molar-refractivity contribution in [2.75, 3.05) is 14.2 Å². The summed E-state index contributed by atoms with van der Waals surface area (Å²) in [5.74, 6) is 1.31. The minimum absolute atomic E-state index is 0.649. The first-order valence-corrected chi connectivity index (χ1v) is 11.7. The van der Waals surface area contributed by atoms with E-state index in [0.29, 0.717) is 17.9 Å². The molecule has 0 fully saturated rings. The third kappa shape index (κ3) is 3.73. The van der Waals surface area contributed by atoms with Crippen molar-refractivity contribution in [2.45, 2.75) is 6.42 Å². The second-order valence-electron chi connectivity index (χ2n) is 8.51. The molecule has 3 aromatic heterocycles. The van der Waals surface area contributed by atoms with Gasteiger partial charge in [0.15, 0.2) is 17.1 Å². The second kappa shape index (κ2) is 9.15. The van der Waals surface area contributed by atoms with Gasteiger partial charge in [-0.05, 0) is 42.0 Å². The molecule has 0 spiro atoms. The molecular weight excluding hydrogens is 448 g/mol. The van der Waals surface area contributed by atoms with Crippen molar-refractivity contribution in [1.82, 2.24) is 19.7 Å². The fourth-order valence-electron chi connectivity index (χ4n) is 4.67. The topological polar surface area (TPSA) is 62.1 Å². The third-order valence-electron chi connectivity index (χ3n) is 6.35. The zero-order valence-corrected chi connectivity index (χ0v) is 20.1. The number of rotatable bonds is 6. The van der Waals surface area contributed by atoms with E-state index in [2.05, 4.69) is 29.2 Å². The highest BCUT2D eigenvalue weighted by Crippen LogP contribution is 2.41. The zero-order valence-electron chi connectivity index (χ0n) is 20.1. The fraction of sp³-hybridized carbons (Fsp3) is 0.100. The summed E-state index contributed by atoms with van der Waals surface area (Å²) in [6.45, 7) is 0. The van der Waals surface area contributed by atoms with Crippen LogP contribution in [0.4, 0.5) is 0 Å². The largest absolute Gasteiger partial charge is 0.493 e. The highest BCUT2D eigenvalue weighted by atomic mass is 16.5. The molecule has 6 aromatic rings. The van der Waals surface area contributed by atoms with Crippen LogP contribution in [-0.2, 0) is 6.42 Å². The van der Waals surface area contributed by atoms with E-state index in [1.54, 1.807) is 20.4 Å². The maximum atomic E-state index is 5.70. The van der Waals surface area contributed by atoms with E-state index >= 15 is 0 Å². The number of pyridine rings is 2. The standard InChI is InChI=1S/C30H24N4O2/c1-35-26-17-23-24(18-27(26)36-2)29(21-12-9-15-31-19-21)32-30-28(23)25(16-20-10-5-3-6-11-20)33-34(30)22-13-7-4-8-14-22/h3-15,17-19H,16H2,1-2H3. The predicted molar refractivity (Wildman–Crippen MR) is 142 cm³/mol. The Morgan fingerprint density at radius 1 is 0.778 bits per heavy atom. The lowest BCUT2D eigenvalue weighted by atomic mass is 9.99. The molecule has 36 heavy (non-hydrogen) atoms. The minimum Gasteiger partial charge on any atom is -0.493 e. The lowest BCUT2D eigenvalue weighted by Gasteiger charge is -2.13. The number of methoxy groups -OCH3 is 2. The van der Waals surface area contributed by atoms with E-state index in [1.807, 2.05) is 71.5 Å². The van der Waals surface area contributed by atoms with Crippen molar-refractivity contribution in [3.8, 4) is 28.4 Å². The van der Waals surface area contributed by atoms with Crippen LogP contribution in [0.15, 0.2) is 97.3 Å². The van der Waals surface area contributed by atoms with E-state index in [9.17, 15) is 0 Å². The van der Waals surface area contributed by atoms with E-state index in [-0.39, 0.29) is 0 Å². The van der Waals surface area contributed by atoms with Gasteiger partial charge in [-0.2, -0.15) is 5.10 Å². The van der Waals surface area contributed by atoms with E-state index in [4.69, 9.17) is 19.6 Å². The molecule has 6 heteroatoms. The Labute approximate surface area is 208 Å². The van der Waals surface area contributed by atoms with Crippen LogP contribution in [0.3, 0.4) is 0 Å². The van der Waals surface area contributed by atoms with Crippen LogP contribution in [0.5, 0.6) is 11.5 Å². The molecule has 0 unspecified atom stereocenters. The number of ether oxygens (including phenoxy) is 2. The summed E-state index contributed by atoms with van der Waals surface area (Å²) in [5.41, 5.74) is 5.60. The normalized spacial score (nSPS) is 11.2. The number of hydrogen-bond acceptors (Lipinski definition) is 5. The first-order valence-electron chi connectivity index (χ1n) is 11.7. The number of hydrogen-bond donors (Lipinski definition) is 0.